The molecule has 8 atom stereocenters. The molecule has 6 rings (SSSR count). The number of hydrogen-bond acceptors (Lipinski definition) is 10. The third kappa shape index (κ3) is 8.77. The number of sulfonamides is 1. The van der Waals surface area contributed by atoms with Gasteiger partial charge in [0.05, 0.1) is 18.9 Å². The SMILES string of the molecule is C=C[C@@H]1C[C@]1(NC(=O)[C@@H]1C[C@@H](Oc2nccc3cc(OC)ccc23)CN1C(=O)[C@@H](NC(=O)O[C@H]1C[C@@H](C)CC[C@@H]1C(C)C)C(C)(C)C)C(=O)NS(=O)(=O)C1CC1. The summed E-state index contributed by atoms with van der Waals surface area (Å²) in [6.45, 7) is 15.6. The first-order chi connectivity index (χ1) is 26.4. The third-order valence-electron chi connectivity index (χ3n) is 11.9. The first-order valence-corrected chi connectivity index (χ1v) is 21.3. The number of carbonyl (C=O) groups is 4. The van der Waals surface area contributed by atoms with E-state index in [2.05, 4.69) is 47.7 Å². The monoisotopic (exact) mass is 795 g/mol. The number of rotatable bonds is 13. The van der Waals surface area contributed by atoms with Crippen LogP contribution in [0.1, 0.15) is 86.5 Å². The molecule has 306 valence electrons. The Morgan fingerprint density at radius 3 is 2.43 bits per heavy atom. The van der Waals surface area contributed by atoms with Crippen LogP contribution >= 0.6 is 0 Å². The van der Waals surface area contributed by atoms with Crippen LogP contribution in [0.15, 0.2) is 43.1 Å². The van der Waals surface area contributed by atoms with E-state index in [0.29, 0.717) is 41.7 Å². The number of aromatic nitrogens is 1. The minimum atomic E-state index is -3.90. The molecule has 0 radical (unpaired) electrons. The van der Waals surface area contributed by atoms with Crippen molar-refractivity contribution < 1.29 is 41.8 Å². The standard InChI is InChI=1S/C41H57N5O9S/c1-9-26-21-41(26,38(49)45-56(51,52)29-12-13-29)44-35(47)32-20-28(54-36-31-15-11-27(53-8)19-25(31)16-17-42-36)22-46(32)37(48)34(40(5,6)7)43-39(50)55-33-18-24(4)10-14-30(33)23(2)3/h9,11,15-17,19,23-24,26,28-30,32-34H,1,10,12-14,18,20-22H2,2-8H3,(H,43,50)(H,44,47)(H,45,49)/t24-,26+,28+,30+,32-,33-,34+,41+/m0/s1. The van der Waals surface area contributed by atoms with Crippen LogP contribution in [0.5, 0.6) is 11.6 Å². The van der Waals surface area contributed by atoms with Crippen molar-refractivity contribution in [1.82, 2.24) is 25.2 Å². The molecule has 1 saturated heterocycles. The summed E-state index contributed by atoms with van der Waals surface area (Å²) >= 11 is 0. The maximum Gasteiger partial charge on any atom is 0.408 e. The van der Waals surface area contributed by atoms with Gasteiger partial charge in [-0.25, -0.2) is 18.2 Å². The Labute approximate surface area is 329 Å². The van der Waals surface area contributed by atoms with Crippen LogP contribution in [0, 0.1) is 29.1 Å². The van der Waals surface area contributed by atoms with Gasteiger partial charge in [0.25, 0.3) is 5.91 Å². The molecule has 0 unspecified atom stereocenters. The zero-order chi connectivity index (χ0) is 40.7. The minimum absolute atomic E-state index is 0.0277. The highest BCUT2D eigenvalue weighted by Crippen LogP contribution is 2.46. The Morgan fingerprint density at radius 1 is 1.07 bits per heavy atom. The summed E-state index contributed by atoms with van der Waals surface area (Å²) in [6.07, 6.45) is 5.22. The molecule has 1 aromatic carbocycles. The van der Waals surface area contributed by atoms with Gasteiger partial charge in [0.2, 0.25) is 27.7 Å². The minimum Gasteiger partial charge on any atom is -0.497 e. The highest BCUT2D eigenvalue weighted by atomic mass is 32.2. The van der Waals surface area contributed by atoms with Crippen molar-refractivity contribution in [1.29, 1.82) is 0 Å². The van der Waals surface area contributed by atoms with Crippen molar-refractivity contribution >= 4 is 44.6 Å². The van der Waals surface area contributed by atoms with Gasteiger partial charge in [-0.3, -0.25) is 19.1 Å². The van der Waals surface area contributed by atoms with Crippen LogP contribution in [0.2, 0.25) is 0 Å². The largest absolute Gasteiger partial charge is 0.497 e. The summed E-state index contributed by atoms with van der Waals surface area (Å²) in [4.78, 5) is 62.2. The Kier molecular flexibility index (Phi) is 11.7. The molecule has 0 spiro atoms. The van der Waals surface area contributed by atoms with Crippen molar-refractivity contribution in [3.05, 3.63) is 43.1 Å². The van der Waals surface area contributed by atoms with E-state index in [1.807, 2.05) is 39.0 Å². The highest BCUT2D eigenvalue weighted by Gasteiger charge is 2.62. The van der Waals surface area contributed by atoms with Crippen LogP contribution in [0.25, 0.3) is 10.8 Å². The van der Waals surface area contributed by atoms with E-state index < -0.39 is 74.1 Å². The molecule has 4 fully saturated rings. The number of pyridine rings is 1. The van der Waals surface area contributed by atoms with Crippen molar-refractivity contribution in [2.45, 2.75) is 122 Å². The first kappa shape index (κ1) is 41.2. The number of ether oxygens (including phenoxy) is 3. The molecule has 3 saturated carbocycles. The third-order valence-corrected chi connectivity index (χ3v) is 13.7. The molecule has 4 amide bonds. The number of benzene rings is 1. The van der Waals surface area contributed by atoms with Crippen LogP contribution in [-0.4, -0.2) is 90.9 Å². The summed E-state index contributed by atoms with van der Waals surface area (Å²) in [5.74, 6) is -0.689. The zero-order valence-corrected chi connectivity index (χ0v) is 34.3. The average molecular weight is 796 g/mol. The van der Waals surface area contributed by atoms with Crippen LogP contribution in [0.3, 0.4) is 0 Å². The van der Waals surface area contributed by atoms with Gasteiger partial charge in [0.15, 0.2) is 0 Å². The summed E-state index contributed by atoms with van der Waals surface area (Å²) < 4.78 is 45.5. The van der Waals surface area contributed by atoms with Gasteiger partial charge >= 0.3 is 6.09 Å². The number of amides is 4. The Bertz CT molecular complexity index is 1960. The van der Waals surface area contributed by atoms with E-state index in [0.717, 1.165) is 24.6 Å². The number of methoxy groups -OCH3 is 1. The normalized spacial score (nSPS) is 28.2. The summed E-state index contributed by atoms with van der Waals surface area (Å²) in [5.41, 5.74) is -2.37. The van der Waals surface area contributed by atoms with Crippen molar-refractivity contribution in [3.8, 4) is 11.6 Å². The number of likely N-dealkylation sites (tertiary alicyclic amines) is 1. The molecule has 14 nitrogen and oxygen atoms in total. The molecule has 4 aliphatic rings. The van der Waals surface area contributed by atoms with Gasteiger partial charge in [-0.2, -0.15) is 0 Å². The lowest BCUT2D eigenvalue weighted by molar-refractivity contribution is -0.143. The molecular weight excluding hydrogens is 739 g/mol. The highest BCUT2D eigenvalue weighted by molar-refractivity contribution is 7.91. The molecule has 3 aliphatic carbocycles. The Hall–Kier alpha value is -4.40. The second-order valence-corrected chi connectivity index (χ2v) is 19.5. The molecule has 1 aliphatic heterocycles. The second-order valence-electron chi connectivity index (χ2n) is 17.6. The molecule has 56 heavy (non-hydrogen) atoms. The maximum absolute atomic E-state index is 14.8. The van der Waals surface area contributed by atoms with Crippen LogP contribution < -0.4 is 24.8 Å². The second kappa shape index (κ2) is 15.9. The zero-order valence-electron chi connectivity index (χ0n) is 33.5. The number of nitrogens with one attached hydrogen (secondary N) is 3. The molecule has 2 heterocycles. The number of carbonyl (C=O) groups excluding carboxylic acids is 4. The lowest BCUT2D eigenvalue weighted by Crippen LogP contribution is -2.60. The van der Waals surface area contributed by atoms with E-state index in [1.54, 1.807) is 19.4 Å². The summed E-state index contributed by atoms with van der Waals surface area (Å²) in [6, 6.07) is 5.02. The Morgan fingerprint density at radius 2 is 1.80 bits per heavy atom. The van der Waals surface area contributed by atoms with E-state index in [-0.39, 0.29) is 31.4 Å². The van der Waals surface area contributed by atoms with Crippen LogP contribution in [-0.2, 0) is 29.1 Å². The summed E-state index contributed by atoms with van der Waals surface area (Å²) in [5, 5.41) is 6.55. The van der Waals surface area contributed by atoms with E-state index in [1.165, 1.54) is 11.0 Å². The maximum atomic E-state index is 14.8. The molecular formula is C41H57N5O9S. The summed E-state index contributed by atoms with van der Waals surface area (Å²) in [7, 11) is -2.33. The number of hydrogen-bond donors (Lipinski definition) is 3. The van der Waals surface area contributed by atoms with Gasteiger partial charge in [0, 0.05) is 23.9 Å². The average Bonchev–Trinajstić information content (AvgIpc) is 4.06. The molecule has 15 heteroatoms. The molecule has 1 aromatic heterocycles. The van der Waals surface area contributed by atoms with Gasteiger partial charge in [-0.1, -0.05) is 54.0 Å². The first-order valence-electron chi connectivity index (χ1n) is 19.7. The Balaban J connectivity index is 1.27. The predicted molar refractivity (Wildman–Crippen MR) is 210 cm³/mol. The van der Waals surface area contributed by atoms with E-state index in [4.69, 9.17) is 14.2 Å². The van der Waals surface area contributed by atoms with Crippen molar-refractivity contribution in [2.75, 3.05) is 13.7 Å². The fraction of sp³-hybridized carbons (Fsp3) is 0.634. The van der Waals surface area contributed by atoms with Gasteiger partial charge in [0.1, 0.15) is 35.6 Å². The number of alkyl carbamates (subject to hydrolysis) is 1. The quantitative estimate of drug-likeness (QED) is 0.237. The van der Waals surface area contributed by atoms with Crippen molar-refractivity contribution in [3.63, 3.8) is 0 Å². The lowest BCUT2D eigenvalue weighted by Gasteiger charge is -2.38. The van der Waals surface area contributed by atoms with Gasteiger partial charge in [-0.15, -0.1) is 6.58 Å². The van der Waals surface area contributed by atoms with E-state index >= 15 is 0 Å². The number of nitrogens with zero attached hydrogens (tertiary/aromatic N) is 2. The molecule has 2 aromatic rings. The van der Waals surface area contributed by atoms with Crippen LogP contribution in [0.4, 0.5) is 4.79 Å². The smallest absolute Gasteiger partial charge is 0.408 e. The topological polar surface area (TPSA) is 182 Å². The van der Waals surface area contributed by atoms with Gasteiger partial charge in [-0.05, 0) is 84.9 Å². The molecule has 0 bridgehead atoms. The van der Waals surface area contributed by atoms with E-state index in [9.17, 15) is 27.6 Å². The predicted octanol–water partition coefficient (Wildman–Crippen LogP) is 4.86. The fourth-order valence-corrected chi connectivity index (χ4v) is 9.62. The molecule has 3 N–H and O–H groups in total. The van der Waals surface area contributed by atoms with Gasteiger partial charge < -0.3 is 29.7 Å². The lowest BCUT2D eigenvalue weighted by atomic mass is 9.75. The number of fused-ring (bicyclic) bond motifs is 1. The fourth-order valence-electron chi connectivity index (χ4n) is 8.26. The van der Waals surface area contributed by atoms with Crippen molar-refractivity contribution in [2.24, 2.45) is 29.1 Å².